The highest BCUT2D eigenvalue weighted by molar-refractivity contribution is 5.77. The molecule has 0 bridgehead atoms. The lowest BCUT2D eigenvalue weighted by Crippen LogP contribution is -2.44. The van der Waals surface area contributed by atoms with Crippen LogP contribution >= 0.6 is 0 Å². The van der Waals surface area contributed by atoms with E-state index in [2.05, 4.69) is 25.7 Å². The van der Waals surface area contributed by atoms with Crippen molar-refractivity contribution in [3.8, 4) is 0 Å². The van der Waals surface area contributed by atoms with Crippen molar-refractivity contribution in [2.75, 3.05) is 13.1 Å². The van der Waals surface area contributed by atoms with Crippen LogP contribution < -0.4 is 0 Å². The van der Waals surface area contributed by atoms with Crippen LogP contribution in [0.2, 0.25) is 0 Å². The fourth-order valence-corrected chi connectivity index (χ4v) is 2.66. The van der Waals surface area contributed by atoms with Crippen molar-refractivity contribution in [2.45, 2.75) is 65.8 Å². The molecule has 1 rings (SSSR count). The van der Waals surface area contributed by atoms with Gasteiger partial charge in [-0.05, 0) is 25.2 Å². The van der Waals surface area contributed by atoms with Crippen molar-refractivity contribution in [3.63, 3.8) is 0 Å². The highest BCUT2D eigenvalue weighted by Gasteiger charge is 2.25. The maximum atomic E-state index is 11.3. The minimum absolute atomic E-state index is 0.285. The van der Waals surface area contributed by atoms with Crippen molar-refractivity contribution in [1.29, 1.82) is 0 Å². The van der Waals surface area contributed by atoms with Gasteiger partial charge >= 0.3 is 0 Å². The van der Waals surface area contributed by atoms with Gasteiger partial charge in [0.05, 0.1) is 6.54 Å². The number of hydrogen-bond donors (Lipinski definition) is 0. The zero-order valence-electron chi connectivity index (χ0n) is 11.4. The highest BCUT2D eigenvalue weighted by Crippen LogP contribution is 2.25. The summed E-state index contributed by atoms with van der Waals surface area (Å²) in [6.45, 7) is 10.1. The van der Waals surface area contributed by atoms with Crippen molar-refractivity contribution in [1.82, 2.24) is 4.90 Å². The predicted octanol–water partition coefficient (Wildman–Crippen LogP) is 3.26. The summed E-state index contributed by atoms with van der Waals surface area (Å²) in [7, 11) is 0. The van der Waals surface area contributed by atoms with Gasteiger partial charge in [-0.15, -0.1) is 0 Å². The minimum atomic E-state index is 0.285. The van der Waals surface area contributed by atoms with Gasteiger partial charge in [-0.3, -0.25) is 9.69 Å². The van der Waals surface area contributed by atoms with E-state index in [0.717, 1.165) is 6.54 Å². The third-order valence-electron chi connectivity index (χ3n) is 3.19. The normalized spacial score (nSPS) is 19.1. The molecule has 0 amide bonds. The number of carbonyl (C=O) groups excluding carboxylic acids is 1. The lowest BCUT2D eigenvalue weighted by Gasteiger charge is -2.37. The Morgan fingerprint density at radius 2 is 1.75 bits per heavy atom. The Morgan fingerprint density at radius 1 is 1.19 bits per heavy atom. The molecule has 0 spiro atoms. The molecule has 0 aromatic carbocycles. The van der Waals surface area contributed by atoms with Crippen LogP contribution in [0.4, 0.5) is 0 Å². The molecule has 0 unspecified atom stereocenters. The van der Waals surface area contributed by atoms with Gasteiger partial charge in [0.25, 0.3) is 0 Å². The molecule has 1 aliphatic carbocycles. The van der Waals surface area contributed by atoms with E-state index in [1.165, 1.54) is 32.1 Å². The molecule has 16 heavy (non-hydrogen) atoms. The van der Waals surface area contributed by atoms with Crippen LogP contribution in [0.25, 0.3) is 0 Å². The van der Waals surface area contributed by atoms with Gasteiger partial charge < -0.3 is 0 Å². The molecule has 0 aromatic rings. The van der Waals surface area contributed by atoms with Crippen LogP contribution in [0.3, 0.4) is 0 Å². The van der Waals surface area contributed by atoms with E-state index in [1.807, 2.05) is 0 Å². The SMILES string of the molecule is CC(=O)CN(CC(C)(C)C)C1CCCCC1. The fourth-order valence-electron chi connectivity index (χ4n) is 2.66. The fraction of sp³-hybridized carbons (Fsp3) is 0.929. The lowest BCUT2D eigenvalue weighted by molar-refractivity contribution is -0.119. The van der Waals surface area contributed by atoms with Gasteiger partial charge in [0, 0.05) is 12.6 Å². The summed E-state index contributed by atoms with van der Waals surface area (Å²) in [5, 5.41) is 0. The number of rotatable bonds is 4. The second kappa shape index (κ2) is 5.81. The molecule has 1 fully saturated rings. The third kappa shape index (κ3) is 5.11. The second-order valence-electron chi connectivity index (χ2n) is 6.46. The van der Waals surface area contributed by atoms with Crippen LogP contribution in [0.15, 0.2) is 0 Å². The quantitative estimate of drug-likeness (QED) is 0.732. The first-order chi connectivity index (χ1) is 7.38. The molecule has 0 saturated heterocycles. The molecule has 94 valence electrons. The van der Waals surface area contributed by atoms with E-state index in [1.54, 1.807) is 6.92 Å². The Balaban J connectivity index is 2.58. The molecule has 1 aliphatic rings. The zero-order chi connectivity index (χ0) is 12.2. The number of hydrogen-bond acceptors (Lipinski definition) is 2. The van der Waals surface area contributed by atoms with Gasteiger partial charge in [0.1, 0.15) is 5.78 Å². The van der Waals surface area contributed by atoms with Crippen molar-refractivity contribution in [3.05, 3.63) is 0 Å². The minimum Gasteiger partial charge on any atom is -0.299 e. The molecule has 0 aliphatic heterocycles. The number of carbonyl (C=O) groups is 1. The first-order valence-electron chi connectivity index (χ1n) is 6.62. The van der Waals surface area contributed by atoms with Crippen LogP contribution in [0, 0.1) is 5.41 Å². The van der Waals surface area contributed by atoms with E-state index in [0.29, 0.717) is 18.4 Å². The molecule has 0 radical (unpaired) electrons. The molecule has 0 heterocycles. The van der Waals surface area contributed by atoms with Crippen molar-refractivity contribution >= 4 is 5.78 Å². The summed E-state index contributed by atoms with van der Waals surface area (Å²) in [5.41, 5.74) is 0.285. The lowest BCUT2D eigenvalue weighted by atomic mass is 9.90. The average Bonchev–Trinajstić information content (AvgIpc) is 2.15. The van der Waals surface area contributed by atoms with Crippen molar-refractivity contribution < 1.29 is 4.79 Å². The molecule has 0 atom stereocenters. The summed E-state index contributed by atoms with van der Waals surface area (Å²) in [4.78, 5) is 13.8. The molecule has 2 heteroatoms. The van der Waals surface area contributed by atoms with Gasteiger partial charge in [-0.2, -0.15) is 0 Å². The Hall–Kier alpha value is -0.370. The third-order valence-corrected chi connectivity index (χ3v) is 3.19. The van der Waals surface area contributed by atoms with Crippen LogP contribution in [-0.4, -0.2) is 29.8 Å². The van der Waals surface area contributed by atoms with Gasteiger partial charge in [0.2, 0.25) is 0 Å². The summed E-state index contributed by atoms with van der Waals surface area (Å²) >= 11 is 0. The van der Waals surface area contributed by atoms with E-state index >= 15 is 0 Å². The van der Waals surface area contributed by atoms with E-state index in [4.69, 9.17) is 0 Å². The largest absolute Gasteiger partial charge is 0.299 e. The maximum Gasteiger partial charge on any atom is 0.143 e. The number of Topliss-reactive ketones (excluding diaryl/α,β-unsaturated/α-hetero) is 1. The van der Waals surface area contributed by atoms with Crippen LogP contribution in [0.5, 0.6) is 0 Å². The van der Waals surface area contributed by atoms with E-state index in [9.17, 15) is 4.79 Å². The molecule has 1 saturated carbocycles. The standard InChI is InChI=1S/C14H27NO/c1-12(16)10-15(11-14(2,3)4)13-8-6-5-7-9-13/h13H,5-11H2,1-4H3. The number of ketones is 1. The zero-order valence-corrected chi connectivity index (χ0v) is 11.4. The smallest absolute Gasteiger partial charge is 0.143 e. The van der Waals surface area contributed by atoms with E-state index < -0.39 is 0 Å². The Bertz CT molecular complexity index is 223. The highest BCUT2D eigenvalue weighted by atomic mass is 16.1. The predicted molar refractivity (Wildman–Crippen MR) is 68.6 cm³/mol. The average molecular weight is 225 g/mol. The van der Waals surface area contributed by atoms with Gasteiger partial charge in [0.15, 0.2) is 0 Å². The van der Waals surface area contributed by atoms with Gasteiger partial charge in [-0.1, -0.05) is 40.0 Å². The second-order valence-corrected chi connectivity index (χ2v) is 6.46. The summed E-state index contributed by atoms with van der Waals surface area (Å²) < 4.78 is 0. The molecule has 2 nitrogen and oxygen atoms in total. The summed E-state index contributed by atoms with van der Waals surface area (Å²) in [6, 6.07) is 0.650. The topological polar surface area (TPSA) is 20.3 Å². The molecule has 0 N–H and O–H groups in total. The first-order valence-corrected chi connectivity index (χ1v) is 6.62. The first kappa shape index (κ1) is 13.7. The monoisotopic (exact) mass is 225 g/mol. The Kier molecular flexibility index (Phi) is 4.97. The molecular weight excluding hydrogens is 198 g/mol. The Morgan fingerprint density at radius 3 is 2.19 bits per heavy atom. The van der Waals surface area contributed by atoms with E-state index in [-0.39, 0.29) is 5.41 Å². The number of nitrogens with zero attached hydrogens (tertiary/aromatic N) is 1. The van der Waals surface area contributed by atoms with Gasteiger partial charge in [-0.25, -0.2) is 0 Å². The Labute approximate surface area is 100 Å². The molecular formula is C14H27NO. The summed E-state index contributed by atoms with van der Waals surface area (Å²) in [6.07, 6.45) is 6.61. The molecule has 0 aromatic heterocycles. The summed E-state index contributed by atoms with van der Waals surface area (Å²) in [5.74, 6) is 0.301. The van der Waals surface area contributed by atoms with Crippen LogP contribution in [-0.2, 0) is 4.79 Å². The maximum absolute atomic E-state index is 11.3. The van der Waals surface area contributed by atoms with Crippen molar-refractivity contribution in [2.24, 2.45) is 5.41 Å². The van der Waals surface area contributed by atoms with Crippen LogP contribution in [0.1, 0.15) is 59.8 Å².